The molecule has 47 heavy (non-hydrogen) atoms. The van der Waals surface area contributed by atoms with E-state index in [9.17, 15) is 27.6 Å². The van der Waals surface area contributed by atoms with Crippen molar-refractivity contribution in [2.75, 3.05) is 23.3 Å². The number of alkyl halides is 3. The highest BCUT2D eigenvalue weighted by Crippen LogP contribution is 2.38. The van der Waals surface area contributed by atoms with Crippen LogP contribution in [0.3, 0.4) is 0 Å². The van der Waals surface area contributed by atoms with E-state index in [0.29, 0.717) is 35.7 Å². The topological polar surface area (TPSA) is 113 Å². The molecule has 0 radical (unpaired) electrons. The lowest BCUT2D eigenvalue weighted by Crippen LogP contribution is -2.58. The minimum absolute atomic E-state index is 0.0398. The lowest BCUT2D eigenvalue weighted by atomic mass is 10.0. The molecule has 0 aliphatic carbocycles. The number of amides is 2. The zero-order valence-corrected chi connectivity index (χ0v) is 27.1. The molecule has 10 nitrogen and oxygen atoms in total. The SMILES string of the molecule is C=CC(=O)N1CC(C)N(c2nc(=O)n(-c3c(C)ccnc3C(C)C)c3nc(-c4ccccc4NC(=O)C(F)(F)F)c(Cl)cc23)CC1C. The number of carbonyl (C=O) groups excluding carboxylic acids is 2. The number of aromatic nitrogens is 4. The molecule has 2 unspecified atom stereocenters. The van der Waals surface area contributed by atoms with Crippen molar-refractivity contribution in [3.63, 3.8) is 0 Å². The number of aryl methyl sites for hydroxylation is 1. The fourth-order valence-corrected chi connectivity index (χ4v) is 6.09. The van der Waals surface area contributed by atoms with E-state index >= 15 is 0 Å². The van der Waals surface area contributed by atoms with Gasteiger partial charge in [-0.15, -0.1) is 0 Å². The van der Waals surface area contributed by atoms with E-state index in [0.717, 1.165) is 5.56 Å². The predicted octanol–water partition coefficient (Wildman–Crippen LogP) is 6.04. The van der Waals surface area contributed by atoms with Crippen LogP contribution >= 0.6 is 11.6 Å². The van der Waals surface area contributed by atoms with E-state index in [4.69, 9.17) is 16.6 Å². The average molecular weight is 668 g/mol. The Morgan fingerprint density at radius 3 is 2.47 bits per heavy atom. The van der Waals surface area contributed by atoms with Gasteiger partial charge in [-0.1, -0.05) is 50.2 Å². The Morgan fingerprint density at radius 1 is 1.11 bits per heavy atom. The Labute approximate surface area is 273 Å². The lowest BCUT2D eigenvalue weighted by molar-refractivity contribution is -0.167. The third-order valence-electron chi connectivity index (χ3n) is 8.13. The second-order valence-electron chi connectivity index (χ2n) is 11.8. The number of hydrogen-bond donors (Lipinski definition) is 1. The summed E-state index contributed by atoms with van der Waals surface area (Å²) in [6, 6.07) is 8.62. The Kier molecular flexibility index (Phi) is 9.13. The molecule has 4 aromatic rings. The van der Waals surface area contributed by atoms with Crippen LogP contribution in [-0.4, -0.2) is 67.6 Å². The van der Waals surface area contributed by atoms with Gasteiger partial charge in [0.25, 0.3) is 0 Å². The predicted molar refractivity (Wildman–Crippen MR) is 175 cm³/mol. The zero-order chi connectivity index (χ0) is 34.4. The molecular formula is C33H33ClF3N7O3. The summed E-state index contributed by atoms with van der Waals surface area (Å²) >= 11 is 6.84. The molecule has 2 amide bonds. The van der Waals surface area contributed by atoms with E-state index in [2.05, 4.69) is 16.5 Å². The van der Waals surface area contributed by atoms with Crippen LogP contribution in [0.15, 0.2) is 60.0 Å². The van der Waals surface area contributed by atoms with Crippen molar-refractivity contribution in [2.45, 2.75) is 58.8 Å². The molecule has 1 saturated heterocycles. The maximum absolute atomic E-state index is 14.2. The number of nitrogens with one attached hydrogen (secondary N) is 1. The molecule has 1 aliphatic heterocycles. The van der Waals surface area contributed by atoms with Gasteiger partial charge in [-0.25, -0.2) is 14.3 Å². The summed E-state index contributed by atoms with van der Waals surface area (Å²) in [5, 5.41) is 2.35. The van der Waals surface area contributed by atoms with Gasteiger partial charge in [0, 0.05) is 36.9 Å². The van der Waals surface area contributed by atoms with E-state index in [1.54, 1.807) is 29.3 Å². The second kappa shape index (κ2) is 12.8. The van der Waals surface area contributed by atoms with E-state index in [1.165, 1.54) is 28.8 Å². The number of pyridine rings is 2. The van der Waals surface area contributed by atoms with Crippen LogP contribution in [0.5, 0.6) is 0 Å². The molecule has 1 fully saturated rings. The first kappa shape index (κ1) is 33.6. The minimum Gasteiger partial charge on any atom is -0.349 e. The number of piperazine rings is 1. The van der Waals surface area contributed by atoms with Crippen molar-refractivity contribution in [1.82, 2.24) is 24.4 Å². The molecule has 3 aromatic heterocycles. The molecule has 1 N–H and O–H groups in total. The highest BCUT2D eigenvalue weighted by Gasteiger charge is 2.39. The Morgan fingerprint density at radius 2 is 1.81 bits per heavy atom. The summed E-state index contributed by atoms with van der Waals surface area (Å²) in [4.78, 5) is 56.1. The van der Waals surface area contributed by atoms with Crippen LogP contribution in [0.1, 0.15) is 44.9 Å². The summed E-state index contributed by atoms with van der Waals surface area (Å²) in [5.74, 6) is -2.18. The van der Waals surface area contributed by atoms with Crippen molar-refractivity contribution in [3.05, 3.63) is 82.0 Å². The molecule has 4 heterocycles. The van der Waals surface area contributed by atoms with Gasteiger partial charge >= 0.3 is 17.8 Å². The van der Waals surface area contributed by atoms with Gasteiger partial charge in [0.15, 0.2) is 5.65 Å². The number of hydrogen-bond acceptors (Lipinski definition) is 7. The summed E-state index contributed by atoms with van der Waals surface area (Å²) in [6.45, 7) is 13.7. The summed E-state index contributed by atoms with van der Waals surface area (Å²) in [7, 11) is 0. The quantitative estimate of drug-likeness (QED) is 0.250. The van der Waals surface area contributed by atoms with Gasteiger partial charge in [0.1, 0.15) is 5.82 Å². The van der Waals surface area contributed by atoms with Gasteiger partial charge in [-0.2, -0.15) is 18.2 Å². The molecule has 0 spiro atoms. The zero-order valence-electron chi connectivity index (χ0n) is 26.4. The standard InChI is InChI=1S/C33H33ClF3N7O3/c1-7-25(45)42-15-20(6)43(16-19(42)5)29-22-14-23(34)27(21-10-8-9-11-24(21)39-31(46)33(35,36)37)40-30(22)44(32(47)41-29)28-18(4)12-13-38-26(28)17(2)3/h7-14,17,19-20H,1,15-16H2,2-6H3,(H,39,46). The monoisotopic (exact) mass is 667 g/mol. The van der Waals surface area contributed by atoms with Crippen LogP contribution in [-0.2, 0) is 9.59 Å². The molecule has 0 bridgehead atoms. The third-order valence-corrected chi connectivity index (χ3v) is 8.42. The number of rotatable bonds is 6. The number of fused-ring (bicyclic) bond motifs is 1. The maximum atomic E-state index is 14.2. The van der Waals surface area contributed by atoms with Crippen molar-refractivity contribution < 1.29 is 22.8 Å². The molecule has 246 valence electrons. The van der Waals surface area contributed by atoms with Crippen molar-refractivity contribution in [3.8, 4) is 16.9 Å². The average Bonchev–Trinajstić information content (AvgIpc) is 3.01. The number of anilines is 2. The number of carbonyl (C=O) groups is 2. The molecule has 14 heteroatoms. The minimum atomic E-state index is -5.13. The molecule has 1 aromatic carbocycles. The largest absolute Gasteiger partial charge is 0.471 e. The fourth-order valence-electron chi connectivity index (χ4n) is 5.84. The third kappa shape index (κ3) is 6.31. The van der Waals surface area contributed by atoms with Crippen molar-refractivity contribution in [2.24, 2.45) is 0 Å². The Bertz CT molecular complexity index is 1960. The van der Waals surface area contributed by atoms with Crippen LogP contribution < -0.4 is 15.9 Å². The highest BCUT2D eigenvalue weighted by atomic mass is 35.5. The van der Waals surface area contributed by atoms with Gasteiger partial charge in [0.2, 0.25) is 5.91 Å². The fraction of sp³-hybridized carbons (Fsp3) is 0.333. The first-order chi connectivity index (χ1) is 22.1. The van der Waals surface area contributed by atoms with Gasteiger partial charge in [0.05, 0.1) is 33.2 Å². The molecular weight excluding hydrogens is 635 g/mol. The number of halogens is 4. The van der Waals surface area contributed by atoms with Crippen LogP contribution in [0.25, 0.3) is 28.0 Å². The second-order valence-corrected chi connectivity index (χ2v) is 12.2. The lowest BCUT2D eigenvalue weighted by Gasteiger charge is -2.44. The van der Waals surface area contributed by atoms with Crippen molar-refractivity contribution >= 4 is 46.0 Å². The number of para-hydroxylation sites is 1. The Hall–Kier alpha value is -4.78. The normalized spacial score (nSPS) is 16.9. The van der Waals surface area contributed by atoms with Crippen LogP contribution in [0.4, 0.5) is 24.7 Å². The molecule has 5 rings (SSSR count). The van der Waals surface area contributed by atoms with E-state index < -0.39 is 17.8 Å². The van der Waals surface area contributed by atoms with E-state index in [-0.39, 0.29) is 51.5 Å². The number of nitrogens with zero attached hydrogens (tertiary/aromatic N) is 6. The van der Waals surface area contributed by atoms with Crippen LogP contribution in [0.2, 0.25) is 5.02 Å². The van der Waals surface area contributed by atoms with E-state index in [1.807, 2.05) is 44.8 Å². The first-order valence-corrected chi connectivity index (χ1v) is 15.3. The van der Waals surface area contributed by atoms with Gasteiger partial charge in [-0.05, 0) is 56.5 Å². The molecule has 2 atom stereocenters. The van der Waals surface area contributed by atoms with Gasteiger partial charge in [-0.3, -0.25) is 14.6 Å². The van der Waals surface area contributed by atoms with Crippen molar-refractivity contribution in [1.29, 1.82) is 0 Å². The molecule has 0 saturated carbocycles. The summed E-state index contributed by atoms with van der Waals surface area (Å²) in [5.41, 5.74) is 1.26. The summed E-state index contributed by atoms with van der Waals surface area (Å²) in [6.07, 6.45) is -2.23. The molecule has 1 aliphatic rings. The highest BCUT2D eigenvalue weighted by molar-refractivity contribution is 6.34. The number of benzene rings is 1. The smallest absolute Gasteiger partial charge is 0.349 e. The first-order valence-electron chi connectivity index (χ1n) is 14.9. The maximum Gasteiger partial charge on any atom is 0.471 e. The van der Waals surface area contributed by atoms with Crippen LogP contribution in [0, 0.1) is 6.92 Å². The Balaban J connectivity index is 1.81. The van der Waals surface area contributed by atoms with Gasteiger partial charge < -0.3 is 15.1 Å². The summed E-state index contributed by atoms with van der Waals surface area (Å²) < 4.78 is 41.0.